The van der Waals surface area contributed by atoms with Crippen LogP contribution in [0.1, 0.15) is 111 Å². The number of carbonyl (C=O) groups is 1. The van der Waals surface area contributed by atoms with Gasteiger partial charge in [0.05, 0.1) is 0 Å². The zero-order chi connectivity index (χ0) is 29.2. The van der Waals surface area contributed by atoms with Crippen LogP contribution >= 0.6 is 7.52 Å². The predicted octanol–water partition coefficient (Wildman–Crippen LogP) is 9.38. The molecule has 5 nitrogen and oxygen atoms in total. The van der Waals surface area contributed by atoms with E-state index in [4.69, 9.17) is 4.52 Å². The summed E-state index contributed by atoms with van der Waals surface area (Å²) in [4.78, 5) is 15.4. The number of hydrogen-bond acceptors (Lipinski definition) is 4. The topological polar surface area (TPSA) is 49.9 Å². The molecule has 0 radical (unpaired) electrons. The number of unbranched alkanes of at least 4 members (excludes halogenated alkanes) is 3. The average molecular weight is 680 g/mol. The third-order valence-electron chi connectivity index (χ3n) is 9.18. The zero-order valence-electron chi connectivity index (χ0n) is 26.3. The number of rotatable bonds is 16. The van der Waals surface area contributed by atoms with Gasteiger partial charge in [0.1, 0.15) is 0 Å². The second-order valence-electron chi connectivity index (χ2n) is 12.8. The number of nitrogens with zero attached hydrogens (tertiary/aromatic N) is 2. The van der Waals surface area contributed by atoms with Crippen LogP contribution in [0.2, 0.25) is 13.3 Å². The van der Waals surface area contributed by atoms with Crippen molar-refractivity contribution in [3.63, 3.8) is 0 Å². The van der Waals surface area contributed by atoms with E-state index in [2.05, 4.69) is 69.3 Å². The van der Waals surface area contributed by atoms with Crippen molar-refractivity contribution in [2.75, 3.05) is 11.1 Å². The Hall–Kier alpha value is -0.461. The molecule has 4 unspecified atom stereocenters. The molecule has 4 atom stereocenters. The van der Waals surface area contributed by atoms with Crippen LogP contribution in [0.25, 0.3) is 0 Å². The van der Waals surface area contributed by atoms with Gasteiger partial charge < -0.3 is 0 Å². The van der Waals surface area contributed by atoms with Crippen molar-refractivity contribution in [2.24, 2.45) is 0 Å². The van der Waals surface area contributed by atoms with Gasteiger partial charge in [-0.2, -0.15) is 0 Å². The molecule has 2 aliphatic rings. The van der Waals surface area contributed by atoms with Crippen molar-refractivity contribution in [2.45, 2.75) is 137 Å². The minimum absolute atomic E-state index is 0.0241. The predicted molar refractivity (Wildman–Crippen MR) is 173 cm³/mol. The molecule has 3 rings (SSSR count). The number of Topliss-reactive ketones (excluding diaryl/α,β-unsaturated/α-hetero) is 1. The first-order valence-electron chi connectivity index (χ1n) is 16.2. The Morgan fingerprint density at radius 1 is 1.02 bits per heavy atom. The Bertz CT molecular complexity index is 963. The third kappa shape index (κ3) is 9.02. The Kier molecular flexibility index (Phi) is 14.0. The molecule has 1 aromatic carbocycles. The summed E-state index contributed by atoms with van der Waals surface area (Å²) in [6.07, 6.45) is 11.9. The van der Waals surface area contributed by atoms with Crippen LogP contribution < -0.4 is 0 Å². The minimum atomic E-state index is -3.14. The van der Waals surface area contributed by atoms with E-state index in [0.717, 1.165) is 18.5 Å². The molecule has 1 aromatic rings. The number of likely N-dealkylation sites (tertiary alicyclic amines) is 1. The van der Waals surface area contributed by atoms with E-state index in [1.807, 2.05) is 24.0 Å². The summed E-state index contributed by atoms with van der Waals surface area (Å²) < 4.78 is 28.5. The Balaban J connectivity index is 1.79. The van der Waals surface area contributed by atoms with Crippen LogP contribution in [0.3, 0.4) is 0 Å². The van der Waals surface area contributed by atoms with E-state index in [-0.39, 0.29) is 24.2 Å². The van der Waals surface area contributed by atoms with Crippen molar-refractivity contribution in [1.82, 2.24) is 9.57 Å². The summed E-state index contributed by atoms with van der Waals surface area (Å²) in [6, 6.07) is 10.5. The van der Waals surface area contributed by atoms with Crippen molar-refractivity contribution in [3.8, 4) is 0 Å². The fourth-order valence-corrected chi connectivity index (χ4v) is 26.2. The summed E-state index contributed by atoms with van der Waals surface area (Å²) in [5, 5.41) is 0. The SMILES string of the molecule is CCC[CH2][Sn]([CH2]CCC)([CH2]CCC)[CH2]N1CCC(=O)CC1C/C=C/P1(=O)OC(c2ccccc2)C(C)N1C(C)C. The average Bonchev–Trinajstić information content (AvgIpc) is 3.21. The molecular formula is C33H57N2O3PSn. The first kappa shape index (κ1) is 34.0. The molecule has 226 valence electrons. The first-order valence-corrected chi connectivity index (χ1v) is 26.0. The molecule has 0 aromatic heterocycles. The molecule has 2 fully saturated rings. The van der Waals surface area contributed by atoms with Gasteiger partial charge in [0, 0.05) is 0 Å². The van der Waals surface area contributed by atoms with Gasteiger partial charge in [-0.1, -0.05) is 6.07 Å². The van der Waals surface area contributed by atoms with E-state index >= 15 is 0 Å². The molecule has 0 aliphatic carbocycles. The molecular weight excluding hydrogens is 622 g/mol. The fourth-order valence-electron chi connectivity index (χ4n) is 7.02. The molecule has 2 saturated heterocycles. The van der Waals surface area contributed by atoms with E-state index in [1.165, 1.54) is 56.4 Å². The molecule has 2 heterocycles. The zero-order valence-corrected chi connectivity index (χ0v) is 30.1. The molecule has 40 heavy (non-hydrogen) atoms. The molecule has 0 bridgehead atoms. The summed E-state index contributed by atoms with van der Waals surface area (Å²) in [7, 11) is -3.14. The van der Waals surface area contributed by atoms with Gasteiger partial charge >= 0.3 is 245 Å². The van der Waals surface area contributed by atoms with Crippen LogP contribution in [0.4, 0.5) is 0 Å². The third-order valence-corrected chi connectivity index (χ3v) is 26.9. The quantitative estimate of drug-likeness (QED) is 0.129. The van der Waals surface area contributed by atoms with Gasteiger partial charge in [-0.3, -0.25) is 0 Å². The maximum atomic E-state index is 14.3. The van der Waals surface area contributed by atoms with Gasteiger partial charge in [0.25, 0.3) is 0 Å². The molecule has 0 amide bonds. The van der Waals surface area contributed by atoms with E-state index in [9.17, 15) is 9.36 Å². The van der Waals surface area contributed by atoms with Crippen molar-refractivity contribution in [1.29, 1.82) is 0 Å². The number of benzene rings is 1. The van der Waals surface area contributed by atoms with E-state index in [0.29, 0.717) is 18.6 Å². The number of hydrogen-bond donors (Lipinski definition) is 0. The summed E-state index contributed by atoms with van der Waals surface area (Å²) in [5.74, 6) is 2.25. The van der Waals surface area contributed by atoms with Crippen molar-refractivity contribution < 1.29 is 13.9 Å². The van der Waals surface area contributed by atoms with Crippen LogP contribution in [0, 0.1) is 0 Å². The van der Waals surface area contributed by atoms with Crippen molar-refractivity contribution in [3.05, 3.63) is 47.8 Å². The molecule has 0 N–H and O–H groups in total. The van der Waals surface area contributed by atoms with Gasteiger partial charge in [-0.25, -0.2) is 0 Å². The second kappa shape index (κ2) is 16.4. The normalized spacial score (nSPS) is 26.9. The second-order valence-corrected chi connectivity index (χ2v) is 28.6. The summed E-state index contributed by atoms with van der Waals surface area (Å²) >= 11 is -2.39. The van der Waals surface area contributed by atoms with E-state index in [1.54, 1.807) is 0 Å². The van der Waals surface area contributed by atoms with Gasteiger partial charge in [0.15, 0.2) is 0 Å². The summed E-state index contributed by atoms with van der Waals surface area (Å²) in [5.41, 5.74) is 1.07. The Labute approximate surface area is 249 Å². The fraction of sp³-hybridized carbons (Fsp3) is 0.727. The van der Waals surface area contributed by atoms with Crippen LogP contribution in [-0.2, 0) is 13.9 Å². The van der Waals surface area contributed by atoms with Gasteiger partial charge in [0.2, 0.25) is 0 Å². The first-order chi connectivity index (χ1) is 19.2. The van der Waals surface area contributed by atoms with Gasteiger partial charge in [-0.15, -0.1) is 0 Å². The van der Waals surface area contributed by atoms with Crippen molar-refractivity contribution >= 4 is 31.7 Å². The van der Waals surface area contributed by atoms with Crippen LogP contribution in [0.15, 0.2) is 42.2 Å². The molecule has 2 aliphatic heterocycles. The monoisotopic (exact) mass is 680 g/mol. The Morgan fingerprint density at radius 3 is 2.17 bits per heavy atom. The summed E-state index contributed by atoms with van der Waals surface area (Å²) in [6.45, 7) is 14.2. The van der Waals surface area contributed by atoms with Gasteiger partial charge in [-0.05, 0) is 0 Å². The number of carbonyl (C=O) groups excluding carboxylic acids is 1. The number of ketones is 1. The number of piperidine rings is 1. The standard InChI is InChI=1S/C21H30N2O3P.3C4H9.Sn/c1-16(2)23-17(3)21(18-9-6-5-7-10-18)26-27(23,25)14-8-11-19-15-20(24)12-13-22(19)4;3*1-3-4-2;/h5-10,14,16-17,19,21H,4,11-13,15H2,1-3H3;3*1,3-4H2,2H3;/b14-8+;;;;. The Morgan fingerprint density at radius 2 is 1.62 bits per heavy atom. The molecule has 0 saturated carbocycles. The molecule has 0 spiro atoms. The van der Waals surface area contributed by atoms with Crippen LogP contribution in [-0.4, -0.2) is 63.0 Å². The molecule has 7 heteroatoms. The van der Waals surface area contributed by atoms with Crippen LogP contribution in [0.5, 0.6) is 0 Å². The maximum absolute atomic E-state index is 14.3. The van der Waals surface area contributed by atoms with E-state index < -0.39 is 25.9 Å².